The summed E-state index contributed by atoms with van der Waals surface area (Å²) < 4.78 is 10.7. The highest BCUT2D eigenvalue weighted by molar-refractivity contribution is 5.48. The number of benzene rings is 1. The first kappa shape index (κ1) is 13.5. The molecular formula is C15H18N4O2. The molecule has 0 radical (unpaired) electrons. The summed E-state index contributed by atoms with van der Waals surface area (Å²) in [6, 6.07) is 8.14. The quantitative estimate of drug-likeness (QED) is 0.880. The van der Waals surface area contributed by atoms with Gasteiger partial charge in [-0.15, -0.1) is 0 Å². The Bertz CT molecular complexity index is 631. The molecule has 110 valence electrons. The number of nitrogens with zero attached hydrogens (tertiary/aromatic N) is 2. The van der Waals surface area contributed by atoms with Crippen LogP contribution in [-0.4, -0.2) is 22.8 Å². The predicted octanol–water partition coefficient (Wildman–Crippen LogP) is 2.64. The summed E-state index contributed by atoms with van der Waals surface area (Å²) >= 11 is 0. The maximum absolute atomic E-state index is 5.37. The van der Waals surface area contributed by atoms with Crippen molar-refractivity contribution in [3.05, 3.63) is 36.2 Å². The molecule has 6 nitrogen and oxygen atoms in total. The molecule has 0 spiro atoms. The monoisotopic (exact) mass is 286 g/mol. The van der Waals surface area contributed by atoms with Gasteiger partial charge in [-0.3, -0.25) is 0 Å². The Balaban J connectivity index is 1.64. The van der Waals surface area contributed by atoms with Gasteiger partial charge in [0.05, 0.1) is 0 Å². The normalized spacial score (nSPS) is 12.5. The standard InChI is InChI=1S/C15H18N4O2/c1-10(2)19-15-6-14(17-8-18-15)16-7-11-3-4-12-13(5-11)21-9-20-12/h3-6,8,10H,7,9H2,1-2H3,(H2,16,17,18,19). The summed E-state index contributed by atoms with van der Waals surface area (Å²) in [6.07, 6.45) is 1.55. The highest BCUT2D eigenvalue weighted by Gasteiger charge is 2.13. The zero-order valence-electron chi connectivity index (χ0n) is 12.1. The van der Waals surface area contributed by atoms with Gasteiger partial charge in [-0.05, 0) is 31.5 Å². The topological polar surface area (TPSA) is 68.3 Å². The second-order valence-electron chi connectivity index (χ2n) is 5.13. The Morgan fingerprint density at radius 2 is 1.90 bits per heavy atom. The van der Waals surface area contributed by atoms with Crippen molar-refractivity contribution in [3.8, 4) is 11.5 Å². The van der Waals surface area contributed by atoms with Gasteiger partial charge >= 0.3 is 0 Å². The van der Waals surface area contributed by atoms with Crippen molar-refractivity contribution in [2.24, 2.45) is 0 Å². The van der Waals surface area contributed by atoms with E-state index in [0.717, 1.165) is 28.7 Å². The largest absolute Gasteiger partial charge is 0.454 e. The smallest absolute Gasteiger partial charge is 0.231 e. The second kappa shape index (κ2) is 5.87. The Morgan fingerprint density at radius 3 is 2.76 bits per heavy atom. The third-order valence-corrected chi connectivity index (χ3v) is 3.01. The third kappa shape index (κ3) is 3.34. The lowest BCUT2D eigenvalue weighted by atomic mass is 10.2. The van der Waals surface area contributed by atoms with Crippen LogP contribution in [0.5, 0.6) is 11.5 Å². The van der Waals surface area contributed by atoms with Crippen molar-refractivity contribution in [2.75, 3.05) is 17.4 Å². The third-order valence-electron chi connectivity index (χ3n) is 3.01. The lowest BCUT2D eigenvalue weighted by Gasteiger charge is -2.11. The molecule has 0 bridgehead atoms. The van der Waals surface area contributed by atoms with Crippen LogP contribution in [0.2, 0.25) is 0 Å². The minimum absolute atomic E-state index is 0.294. The molecule has 1 aromatic carbocycles. The fourth-order valence-corrected chi connectivity index (χ4v) is 2.07. The van der Waals surface area contributed by atoms with Crippen LogP contribution in [0.1, 0.15) is 19.4 Å². The fraction of sp³-hybridized carbons (Fsp3) is 0.333. The molecule has 0 aliphatic carbocycles. The Kier molecular flexibility index (Phi) is 3.77. The van der Waals surface area contributed by atoms with Gasteiger partial charge < -0.3 is 20.1 Å². The molecule has 2 aromatic rings. The number of rotatable bonds is 5. The molecule has 2 heterocycles. The summed E-state index contributed by atoms with van der Waals surface area (Å²) in [6.45, 7) is 5.10. The van der Waals surface area contributed by atoms with Gasteiger partial charge in [0.15, 0.2) is 11.5 Å². The predicted molar refractivity (Wildman–Crippen MR) is 80.7 cm³/mol. The summed E-state index contributed by atoms with van der Waals surface area (Å²) in [5.41, 5.74) is 1.11. The molecule has 0 atom stereocenters. The molecular weight excluding hydrogens is 268 g/mol. The Labute approximate surface area is 123 Å². The first-order valence-electron chi connectivity index (χ1n) is 6.92. The van der Waals surface area contributed by atoms with Crippen LogP contribution in [0, 0.1) is 0 Å². The van der Waals surface area contributed by atoms with E-state index in [2.05, 4.69) is 34.4 Å². The molecule has 6 heteroatoms. The van der Waals surface area contributed by atoms with Gasteiger partial charge in [0.25, 0.3) is 0 Å². The van der Waals surface area contributed by atoms with Crippen molar-refractivity contribution < 1.29 is 9.47 Å². The van der Waals surface area contributed by atoms with Crippen molar-refractivity contribution in [2.45, 2.75) is 26.4 Å². The average Bonchev–Trinajstić information content (AvgIpc) is 2.92. The van der Waals surface area contributed by atoms with E-state index in [1.54, 1.807) is 6.33 Å². The molecule has 1 aromatic heterocycles. The van der Waals surface area contributed by atoms with E-state index in [-0.39, 0.29) is 0 Å². The summed E-state index contributed by atoms with van der Waals surface area (Å²) in [4.78, 5) is 8.40. The Morgan fingerprint density at radius 1 is 1.10 bits per heavy atom. The molecule has 0 fully saturated rings. The lowest BCUT2D eigenvalue weighted by Crippen LogP contribution is -2.11. The van der Waals surface area contributed by atoms with Crippen molar-refractivity contribution in [1.29, 1.82) is 0 Å². The average molecular weight is 286 g/mol. The van der Waals surface area contributed by atoms with Gasteiger partial charge in [-0.25, -0.2) is 9.97 Å². The highest BCUT2D eigenvalue weighted by atomic mass is 16.7. The van der Waals surface area contributed by atoms with Crippen LogP contribution >= 0.6 is 0 Å². The minimum atomic E-state index is 0.294. The SMILES string of the molecule is CC(C)Nc1cc(NCc2ccc3c(c2)OCO3)ncn1. The van der Waals surface area contributed by atoms with Gasteiger partial charge in [0, 0.05) is 18.7 Å². The second-order valence-corrected chi connectivity index (χ2v) is 5.13. The molecule has 0 unspecified atom stereocenters. The first-order chi connectivity index (χ1) is 10.2. The summed E-state index contributed by atoms with van der Waals surface area (Å²) in [5.74, 6) is 3.18. The van der Waals surface area contributed by atoms with Gasteiger partial charge in [0.2, 0.25) is 6.79 Å². The van der Waals surface area contributed by atoms with Crippen LogP contribution in [0.4, 0.5) is 11.6 Å². The molecule has 3 rings (SSSR count). The van der Waals surface area contributed by atoms with Crippen LogP contribution in [0.15, 0.2) is 30.6 Å². The van der Waals surface area contributed by atoms with Crippen LogP contribution in [0.25, 0.3) is 0 Å². The first-order valence-corrected chi connectivity index (χ1v) is 6.92. The van der Waals surface area contributed by atoms with E-state index < -0.39 is 0 Å². The molecule has 0 saturated carbocycles. The molecule has 0 saturated heterocycles. The van der Waals surface area contributed by atoms with Crippen molar-refractivity contribution >= 4 is 11.6 Å². The number of hydrogen-bond donors (Lipinski definition) is 2. The van der Waals surface area contributed by atoms with Gasteiger partial charge in [-0.2, -0.15) is 0 Å². The summed E-state index contributed by atoms with van der Waals surface area (Å²) in [5, 5.41) is 6.53. The number of aromatic nitrogens is 2. The maximum Gasteiger partial charge on any atom is 0.231 e. The van der Waals surface area contributed by atoms with Gasteiger partial charge in [0.1, 0.15) is 18.0 Å². The molecule has 1 aliphatic rings. The van der Waals surface area contributed by atoms with Crippen LogP contribution < -0.4 is 20.1 Å². The number of anilines is 2. The van der Waals surface area contributed by atoms with Crippen LogP contribution in [0.3, 0.4) is 0 Å². The molecule has 1 aliphatic heterocycles. The zero-order chi connectivity index (χ0) is 14.7. The minimum Gasteiger partial charge on any atom is -0.454 e. The highest BCUT2D eigenvalue weighted by Crippen LogP contribution is 2.32. The van der Waals surface area contributed by atoms with Crippen molar-refractivity contribution in [1.82, 2.24) is 9.97 Å². The number of ether oxygens (including phenoxy) is 2. The fourth-order valence-electron chi connectivity index (χ4n) is 2.07. The van der Waals surface area contributed by atoms with Crippen LogP contribution in [-0.2, 0) is 6.54 Å². The van der Waals surface area contributed by atoms with Crippen molar-refractivity contribution in [3.63, 3.8) is 0 Å². The number of nitrogens with one attached hydrogen (secondary N) is 2. The van der Waals surface area contributed by atoms with E-state index in [1.165, 1.54) is 0 Å². The Hall–Kier alpha value is -2.50. The van der Waals surface area contributed by atoms with E-state index in [9.17, 15) is 0 Å². The zero-order valence-corrected chi connectivity index (χ0v) is 12.1. The van der Waals surface area contributed by atoms with Gasteiger partial charge in [-0.1, -0.05) is 6.07 Å². The van der Waals surface area contributed by atoms with E-state index >= 15 is 0 Å². The lowest BCUT2D eigenvalue weighted by molar-refractivity contribution is 0.174. The van der Waals surface area contributed by atoms with E-state index in [4.69, 9.17) is 9.47 Å². The molecule has 0 amide bonds. The molecule has 2 N–H and O–H groups in total. The maximum atomic E-state index is 5.37. The number of fused-ring (bicyclic) bond motifs is 1. The van der Waals surface area contributed by atoms with E-state index in [0.29, 0.717) is 19.4 Å². The van der Waals surface area contributed by atoms with E-state index in [1.807, 2.05) is 24.3 Å². The summed E-state index contributed by atoms with van der Waals surface area (Å²) in [7, 11) is 0. The number of hydrogen-bond acceptors (Lipinski definition) is 6. The molecule has 21 heavy (non-hydrogen) atoms.